The van der Waals surface area contributed by atoms with E-state index in [1.807, 2.05) is 19.3 Å². The minimum absolute atomic E-state index is 0.290. The summed E-state index contributed by atoms with van der Waals surface area (Å²) in [6, 6.07) is 4.11. The molecule has 1 atom stereocenters. The second-order valence-corrected chi connectivity index (χ2v) is 4.14. The number of nitrogens with zero attached hydrogens (tertiary/aromatic N) is 2. The first-order valence-electron chi connectivity index (χ1n) is 5.76. The van der Waals surface area contributed by atoms with Gasteiger partial charge in [-0.25, -0.2) is 4.98 Å². The number of ether oxygens (including phenoxy) is 1. The molecule has 1 N–H and O–H groups in total. The first kappa shape index (κ1) is 11.4. The molecule has 88 valence electrons. The van der Waals surface area contributed by atoms with Crippen molar-refractivity contribution in [2.45, 2.75) is 19.6 Å². The maximum absolute atomic E-state index is 5.54. The molecule has 2 rings (SSSR count). The van der Waals surface area contributed by atoms with Crippen molar-refractivity contribution in [1.29, 1.82) is 0 Å². The van der Waals surface area contributed by atoms with Gasteiger partial charge >= 0.3 is 0 Å². The molecule has 0 aliphatic carbocycles. The van der Waals surface area contributed by atoms with Crippen LogP contribution >= 0.6 is 0 Å². The lowest BCUT2D eigenvalue weighted by Gasteiger charge is -2.33. The van der Waals surface area contributed by atoms with Crippen molar-refractivity contribution in [3.05, 3.63) is 23.9 Å². The zero-order chi connectivity index (χ0) is 11.4. The van der Waals surface area contributed by atoms with Crippen LogP contribution in [0.3, 0.4) is 0 Å². The van der Waals surface area contributed by atoms with Gasteiger partial charge in [-0.1, -0.05) is 6.07 Å². The Morgan fingerprint density at radius 3 is 3.25 bits per heavy atom. The summed E-state index contributed by atoms with van der Waals surface area (Å²) in [6.07, 6.45) is 2.15. The van der Waals surface area contributed by atoms with Gasteiger partial charge in [-0.15, -0.1) is 0 Å². The van der Waals surface area contributed by atoms with Crippen LogP contribution < -0.4 is 10.2 Å². The minimum atomic E-state index is 0.290. The van der Waals surface area contributed by atoms with Gasteiger partial charge in [0.1, 0.15) is 5.82 Å². The summed E-state index contributed by atoms with van der Waals surface area (Å²) in [5, 5.41) is 3.18. The lowest BCUT2D eigenvalue weighted by atomic mass is 10.2. The summed E-state index contributed by atoms with van der Waals surface area (Å²) in [5.41, 5.74) is 1.25. The molecule has 0 radical (unpaired) electrons. The van der Waals surface area contributed by atoms with Crippen molar-refractivity contribution in [2.75, 3.05) is 31.6 Å². The van der Waals surface area contributed by atoms with Crippen molar-refractivity contribution in [3.8, 4) is 0 Å². The molecule has 1 saturated heterocycles. The second-order valence-electron chi connectivity index (χ2n) is 4.14. The first-order chi connectivity index (χ1) is 7.81. The highest BCUT2D eigenvalue weighted by Crippen LogP contribution is 2.19. The van der Waals surface area contributed by atoms with Crippen molar-refractivity contribution in [1.82, 2.24) is 10.3 Å². The Morgan fingerprint density at radius 2 is 2.50 bits per heavy atom. The molecule has 0 bridgehead atoms. The van der Waals surface area contributed by atoms with Gasteiger partial charge in [0.15, 0.2) is 0 Å². The van der Waals surface area contributed by atoms with Gasteiger partial charge in [0, 0.05) is 31.4 Å². The number of rotatable bonds is 3. The van der Waals surface area contributed by atoms with Crippen LogP contribution in [-0.4, -0.2) is 37.8 Å². The number of hydrogen-bond donors (Lipinski definition) is 1. The van der Waals surface area contributed by atoms with Crippen LogP contribution in [0.25, 0.3) is 0 Å². The Hall–Kier alpha value is -1.13. The van der Waals surface area contributed by atoms with Gasteiger partial charge in [0.05, 0.1) is 12.7 Å². The molecule has 0 spiro atoms. The normalized spacial score (nSPS) is 21.1. The minimum Gasteiger partial charge on any atom is -0.375 e. The van der Waals surface area contributed by atoms with Crippen molar-refractivity contribution in [3.63, 3.8) is 0 Å². The summed E-state index contributed by atoms with van der Waals surface area (Å²) in [4.78, 5) is 6.79. The molecule has 1 aliphatic heterocycles. The van der Waals surface area contributed by atoms with Gasteiger partial charge in [-0.2, -0.15) is 0 Å². The van der Waals surface area contributed by atoms with E-state index in [4.69, 9.17) is 4.74 Å². The first-order valence-corrected chi connectivity index (χ1v) is 5.76. The Bertz CT molecular complexity index is 343. The largest absolute Gasteiger partial charge is 0.375 e. The fourth-order valence-corrected chi connectivity index (χ4v) is 2.05. The number of hydrogen-bond acceptors (Lipinski definition) is 4. The van der Waals surface area contributed by atoms with E-state index in [9.17, 15) is 0 Å². The third-order valence-corrected chi connectivity index (χ3v) is 2.78. The Balaban J connectivity index is 2.17. The lowest BCUT2D eigenvalue weighted by Crippen LogP contribution is -2.42. The van der Waals surface area contributed by atoms with Crippen molar-refractivity contribution >= 4 is 5.82 Å². The van der Waals surface area contributed by atoms with E-state index in [2.05, 4.69) is 28.2 Å². The predicted octanol–water partition coefficient (Wildman–Crippen LogP) is 1.03. The summed E-state index contributed by atoms with van der Waals surface area (Å²) >= 11 is 0. The van der Waals surface area contributed by atoms with Gasteiger partial charge in [-0.05, 0) is 20.0 Å². The monoisotopic (exact) mass is 221 g/mol. The number of aromatic nitrogens is 1. The smallest absolute Gasteiger partial charge is 0.133 e. The number of anilines is 1. The average Bonchev–Trinajstić information content (AvgIpc) is 2.30. The zero-order valence-electron chi connectivity index (χ0n) is 9.94. The molecule has 0 saturated carbocycles. The molecule has 1 aromatic rings. The molecular weight excluding hydrogens is 202 g/mol. The van der Waals surface area contributed by atoms with Crippen LogP contribution in [0.4, 0.5) is 5.82 Å². The van der Waals surface area contributed by atoms with E-state index in [-0.39, 0.29) is 6.10 Å². The molecule has 2 heterocycles. The number of pyridine rings is 1. The molecular formula is C12H19N3O. The molecule has 1 aliphatic rings. The molecule has 0 amide bonds. The molecule has 1 unspecified atom stereocenters. The highest BCUT2D eigenvalue weighted by Gasteiger charge is 2.19. The number of nitrogens with one attached hydrogen (secondary N) is 1. The summed E-state index contributed by atoms with van der Waals surface area (Å²) in [5.74, 6) is 1.09. The third-order valence-electron chi connectivity index (χ3n) is 2.78. The summed E-state index contributed by atoms with van der Waals surface area (Å²) in [6.45, 7) is 5.60. The fraction of sp³-hybridized carbons (Fsp3) is 0.583. The maximum Gasteiger partial charge on any atom is 0.133 e. The van der Waals surface area contributed by atoms with E-state index >= 15 is 0 Å². The van der Waals surface area contributed by atoms with Crippen molar-refractivity contribution in [2.24, 2.45) is 0 Å². The Morgan fingerprint density at radius 1 is 1.62 bits per heavy atom. The predicted molar refractivity (Wildman–Crippen MR) is 64.6 cm³/mol. The number of morpholine rings is 1. The standard InChI is InChI=1S/C12H19N3O/c1-10-9-15(6-7-16-10)12-11(8-13-2)4-3-5-14-12/h3-5,10,13H,6-9H2,1-2H3. The van der Waals surface area contributed by atoms with E-state index in [0.29, 0.717) is 0 Å². The van der Waals surface area contributed by atoms with Crippen LogP contribution in [-0.2, 0) is 11.3 Å². The van der Waals surface area contributed by atoms with Crippen LogP contribution in [0.5, 0.6) is 0 Å². The second kappa shape index (κ2) is 5.27. The van der Waals surface area contributed by atoms with Crippen LogP contribution in [0.2, 0.25) is 0 Å². The topological polar surface area (TPSA) is 37.4 Å². The fourth-order valence-electron chi connectivity index (χ4n) is 2.05. The summed E-state index contributed by atoms with van der Waals surface area (Å²) in [7, 11) is 1.96. The zero-order valence-corrected chi connectivity index (χ0v) is 9.94. The van der Waals surface area contributed by atoms with Crippen LogP contribution in [0.1, 0.15) is 12.5 Å². The van der Waals surface area contributed by atoms with Crippen LogP contribution in [0, 0.1) is 0 Å². The molecule has 0 aromatic carbocycles. The van der Waals surface area contributed by atoms with E-state index in [0.717, 1.165) is 32.1 Å². The maximum atomic E-state index is 5.54. The van der Waals surface area contributed by atoms with Crippen LogP contribution in [0.15, 0.2) is 18.3 Å². The SMILES string of the molecule is CNCc1cccnc1N1CCOC(C)C1. The van der Waals surface area contributed by atoms with Gasteiger partial charge in [-0.3, -0.25) is 0 Å². The van der Waals surface area contributed by atoms with E-state index in [1.165, 1.54) is 5.56 Å². The Kier molecular flexibility index (Phi) is 3.74. The van der Waals surface area contributed by atoms with Gasteiger partial charge in [0.2, 0.25) is 0 Å². The summed E-state index contributed by atoms with van der Waals surface area (Å²) < 4.78 is 5.54. The van der Waals surface area contributed by atoms with E-state index < -0.39 is 0 Å². The molecule has 1 aromatic heterocycles. The molecule has 1 fully saturated rings. The van der Waals surface area contributed by atoms with Gasteiger partial charge < -0.3 is 15.0 Å². The highest BCUT2D eigenvalue weighted by atomic mass is 16.5. The quantitative estimate of drug-likeness (QED) is 0.827. The van der Waals surface area contributed by atoms with Crippen molar-refractivity contribution < 1.29 is 4.74 Å². The Labute approximate surface area is 96.6 Å². The average molecular weight is 221 g/mol. The van der Waals surface area contributed by atoms with Gasteiger partial charge in [0.25, 0.3) is 0 Å². The molecule has 16 heavy (non-hydrogen) atoms. The molecule has 4 heteroatoms. The third kappa shape index (κ3) is 2.51. The molecule has 4 nitrogen and oxygen atoms in total. The lowest BCUT2D eigenvalue weighted by molar-refractivity contribution is 0.0529. The highest BCUT2D eigenvalue weighted by molar-refractivity contribution is 5.47. The van der Waals surface area contributed by atoms with E-state index in [1.54, 1.807) is 0 Å².